The number of fused-ring (bicyclic) bond motifs is 1. The average molecular weight is 409 g/mol. The topological polar surface area (TPSA) is 75.5 Å². The van der Waals surface area contributed by atoms with Gasteiger partial charge in [0, 0.05) is 43.4 Å². The van der Waals surface area contributed by atoms with E-state index in [1.807, 2.05) is 10.7 Å². The van der Waals surface area contributed by atoms with E-state index >= 15 is 0 Å². The molecule has 2 aliphatic heterocycles. The standard InChI is InChI=1S/C18H21ClN4O3S/c19-14-4-6-16(7-5-14)27(25,26)22-11-9-21(10-12-22)18(24)17-13-15-3-1-2-8-23(15)20-17/h4-7,13H,1-3,8-12H2. The first-order valence-electron chi connectivity index (χ1n) is 9.07. The fraction of sp³-hybridized carbons (Fsp3) is 0.444. The lowest BCUT2D eigenvalue weighted by atomic mass is 10.1. The number of nitrogens with zero attached hydrogens (tertiary/aromatic N) is 4. The van der Waals surface area contributed by atoms with E-state index in [2.05, 4.69) is 5.10 Å². The number of carbonyl (C=O) groups excluding carboxylic acids is 1. The summed E-state index contributed by atoms with van der Waals surface area (Å²) in [5.41, 5.74) is 1.56. The molecule has 0 radical (unpaired) electrons. The lowest BCUT2D eigenvalue weighted by Crippen LogP contribution is -2.50. The largest absolute Gasteiger partial charge is 0.335 e. The van der Waals surface area contributed by atoms with Crippen molar-refractivity contribution >= 4 is 27.5 Å². The first kappa shape index (κ1) is 18.5. The van der Waals surface area contributed by atoms with Gasteiger partial charge in [0.1, 0.15) is 0 Å². The summed E-state index contributed by atoms with van der Waals surface area (Å²) in [5.74, 6) is -0.125. The van der Waals surface area contributed by atoms with Crippen molar-refractivity contribution < 1.29 is 13.2 Å². The van der Waals surface area contributed by atoms with E-state index < -0.39 is 10.0 Å². The predicted octanol–water partition coefficient (Wildman–Crippen LogP) is 2.02. The molecule has 0 spiro atoms. The van der Waals surface area contributed by atoms with Crippen LogP contribution in [0.5, 0.6) is 0 Å². The van der Waals surface area contributed by atoms with Gasteiger partial charge < -0.3 is 4.90 Å². The van der Waals surface area contributed by atoms with E-state index in [1.54, 1.807) is 17.0 Å². The van der Waals surface area contributed by atoms with Gasteiger partial charge >= 0.3 is 0 Å². The highest BCUT2D eigenvalue weighted by molar-refractivity contribution is 7.89. The number of aryl methyl sites for hydroxylation is 2. The van der Waals surface area contributed by atoms with Gasteiger partial charge in [-0.05, 0) is 49.6 Å². The van der Waals surface area contributed by atoms with Gasteiger partial charge in [-0.25, -0.2) is 8.42 Å². The molecule has 9 heteroatoms. The number of hydrogen-bond acceptors (Lipinski definition) is 4. The van der Waals surface area contributed by atoms with Crippen molar-refractivity contribution in [1.82, 2.24) is 19.0 Å². The van der Waals surface area contributed by atoms with Crippen molar-refractivity contribution in [2.45, 2.75) is 30.7 Å². The first-order chi connectivity index (χ1) is 12.9. The molecule has 0 atom stereocenters. The zero-order chi connectivity index (χ0) is 19.0. The molecule has 0 bridgehead atoms. The Morgan fingerprint density at radius 3 is 2.37 bits per heavy atom. The molecule has 0 N–H and O–H groups in total. The van der Waals surface area contributed by atoms with Gasteiger partial charge in [-0.1, -0.05) is 11.6 Å². The van der Waals surface area contributed by atoms with Crippen LogP contribution in [0.1, 0.15) is 29.0 Å². The van der Waals surface area contributed by atoms with Crippen LogP contribution in [0.4, 0.5) is 0 Å². The maximum absolute atomic E-state index is 12.7. The van der Waals surface area contributed by atoms with Crippen molar-refractivity contribution in [3.05, 3.63) is 46.7 Å². The average Bonchev–Trinajstić information content (AvgIpc) is 3.12. The van der Waals surface area contributed by atoms with Gasteiger partial charge in [0.05, 0.1) is 4.90 Å². The van der Waals surface area contributed by atoms with Crippen LogP contribution in [0.2, 0.25) is 5.02 Å². The number of piperazine rings is 1. The Kier molecular flexibility index (Phi) is 4.96. The number of benzene rings is 1. The van der Waals surface area contributed by atoms with E-state index in [4.69, 9.17) is 11.6 Å². The highest BCUT2D eigenvalue weighted by Crippen LogP contribution is 2.21. The molecule has 4 rings (SSSR count). The molecule has 0 saturated carbocycles. The minimum absolute atomic E-state index is 0.125. The molecule has 1 aromatic carbocycles. The molecule has 2 aliphatic rings. The highest BCUT2D eigenvalue weighted by atomic mass is 35.5. The monoisotopic (exact) mass is 408 g/mol. The number of rotatable bonds is 3. The van der Waals surface area contributed by atoms with Crippen LogP contribution >= 0.6 is 11.6 Å². The Morgan fingerprint density at radius 2 is 1.70 bits per heavy atom. The SMILES string of the molecule is O=C(c1cc2n(n1)CCCC2)N1CCN(S(=O)(=O)c2ccc(Cl)cc2)CC1. The zero-order valence-electron chi connectivity index (χ0n) is 14.8. The number of aromatic nitrogens is 2. The van der Waals surface area contributed by atoms with Gasteiger partial charge in [-0.2, -0.15) is 9.40 Å². The van der Waals surface area contributed by atoms with Crippen LogP contribution in [0.15, 0.2) is 35.2 Å². The second-order valence-electron chi connectivity index (χ2n) is 6.85. The molecule has 0 aliphatic carbocycles. The van der Waals surface area contributed by atoms with E-state index in [9.17, 15) is 13.2 Å². The van der Waals surface area contributed by atoms with Crippen LogP contribution in [0.25, 0.3) is 0 Å². The second-order valence-corrected chi connectivity index (χ2v) is 9.23. The van der Waals surface area contributed by atoms with Gasteiger partial charge in [-0.15, -0.1) is 0 Å². The number of carbonyl (C=O) groups is 1. The summed E-state index contributed by atoms with van der Waals surface area (Å²) in [6, 6.07) is 8.01. The minimum atomic E-state index is -3.58. The third kappa shape index (κ3) is 3.61. The summed E-state index contributed by atoms with van der Waals surface area (Å²) in [7, 11) is -3.58. The quantitative estimate of drug-likeness (QED) is 0.778. The normalized spacial score (nSPS) is 18.3. The van der Waals surface area contributed by atoms with Crippen LogP contribution in [-0.2, 0) is 23.0 Å². The Labute approximate surface area is 163 Å². The van der Waals surface area contributed by atoms with Crippen LogP contribution < -0.4 is 0 Å². The first-order valence-corrected chi connectivity index (χ1v) is 10.9. The Hall–Kier alpha value is -1.90. The molecule has 1 amide bonds. The summed E-state index contributed by atoms with van der Waals surface area (Å²) in [6.07, 6.45) is 3.16. The number of halogens is 1. The molecule has 1 fully saturated rings. The van der Waals surface area contributed by atoms with Crippen molar-refractivity contribution in [1.29, 1.82) is 0 Å². The molecule has 3 heterocycles. The van der Waals surface area contributed by atoms with Crippen LogP contribution in [-0.4, -0.2) is 59.5 Å². The van der Waals surface area contributed by atoms with Crippen molar-refractivity contribution in [2.24, 2.45) is 0 Å². The van der Waals surface area contributed by atoms with Gasteiger partial charge in [-0.3, -0.25) is 9.48 Å². The smallest absolute Gasteiger partial charge is 0.274 e. The van der Waals surface area contributed by atoms with Crippen molar-refractivity contribution in [3.8, 4) is 0 Å². The van der Waals surface area contributed by atoms with Gasteiger partial charge in [0.25, 0.3) is 5.91 Å². The predicted molar refractivity (Wildman–Crippen MR) is 101 cm³/mol. The summed E-state index contributed by atoms with van der Waals surface area (Å²) >= 11 is 5.84. The maximum Gasteiger partial charge on any atom is 0.274 e. The third-order valence-corrected chi connectivity index (χ3v) is 7.28. The summed E-state index contributed by atoms with van der Waals surface area (Å²) in [5, 5.41) is 4.92. The number of amides is 1. The number of sulfonamides is 1. The van der Waals surface area contributed by atoms with Crippen LogP contribution in [0, 0.1) is 0 Å². The molecule has 1 saturated heterocycles. The molecule has 1 aromatic heterocycles. The molecule has 0 unspecified atom stereocenters. The second kappa shape index (κ2) is 7.26. The minimum Gasteiger partial charge on any atom is -0.335 e. The van der Waals surface area contributed by atoms with Gasteiger partial charge in [0.15, 0.2) is 5.69 Å². The van der Waals surface area contributed by atoms with Crippen LogP contribution in [0.3, 0.4) is 0 Å². The van der Waals surface area contributed by atoms with E-state index in [0.29, 0.717) is 23.8 Å². The van der Waals surface area contributed by atoms with E-state index in [1.165, 1.54) is 16.4 Å². The Morgan fingerprint density at radius 1 is 1.00 bits per heavy atom. The summed E-state index contributed by atoms with van der Waals surface area (Å²) in [4.78, 5) is 14.6. The third-order valence-electron chi connectivity index (χ3n) is 5.11. The van der Waals surface area contributed by atoms with Gasteiger partial charge in [0.2, 0.25) is 10.0 Å². The molecular formula is C18H21ClN4O3S. The Bertz CT molecular complexity index is 924. The molecule has 27 heavy (non-hydrogen) atoms. The molecule has 2 aromatic rings. The number of hydrogen-bond donors (Lipinski definition) is 0. The molecular weight excluding hydrogens is 388 g/mol. The van der Waals surface area contributed by atoms with E-state index in [-0.39, 0.29) is 23.9 Å². The zero-order valence-corrected chi connectivity index (χ0v) is 16.4. The van der Waals surface area contributed by atoms with Crippen molar-refractivity contribution in [3.63, 3.8) is 0 Å². The lowest BCUT2D eigenvalue weighted by molar-refractivity contribution is 0.0691. The molecule has 144 valence electrons. The van der Waals surface area contributed by atoms with E-state index in [0.717, 1.165) is 31.5 Å². The fourth-order valence-corrected chi connectivity index (χ4v) is 5.12. The molecule has 7 nitrogen and oxygen atoms in total. The summed E-state index contributed by atoms with van der Waals surface area (Å²) in [6.45, 7) is 2.10. The fourth-order valence-electron chi connectivity index (χ4n) is 3.57. The highest BCUT2D eigenvalue weighted by Gasteiger charge is 2.31. The lowest BCUT2D eigenvalue weighted by Gasteiger charge is -2.33. The Balaban J connectivity index is 1.43. The maximum atomic E-state index is 12.7. The summed E-state index contributed by atoms with van der Waals surface area (Å²) < 4.78 is 28.8. The van der Waals surface area contributed by atoms with Crippen molar-refractivity contribution in [2.75, 3.05) is 26.2 Å².